The minimum Gasteiger partial charge on any atom is -0.341 e. The van der Waals surface area contributed by atoms with Crippen LogP contribution < -0.4 is 5.73 Å². The average Bonchev–Trinajstić information content (AvgIpc) is 2.48. The van der Waals surface area contributed by atoms with E-state index in [0.29, 0.717) is 19.0 Å². The summed E-state index contributed by atoms with van der Waals surface area (Å²) in [4.78, 5) is 16.3. The molecule has 1 aliphatic rings. The fourth-order valence-corrected chi connectivity index (χ4v) is 2.84. The first-order chi connectivity index (χ1) is 9.70. The lowest BCUT2D eigenvalue weighted by Gasteiger charge is -2.37. The molecule has 1 saturated heterocycles. The molecule has 118 valence electrons. The molecule has 0 radical (unpaired) electrons. The molecule has 1 amide bonds. The van der Waals surface area contributed by atoms with E-state index in [4.69, 9.17) is 5.73 Å². The predicted octanol–water partition coefficient (Wildman–Crippen LogP) is 1.88. The van der Waals surface area contributed by atoms with Gasteiger partial charge in [-0.1, -0.05) is 30.3 Å². The Bertz CT molecular complexity index is 427. The number of carbonyl (C=O) groups is 1. The van der Waals surface area contributed by atoms with Gasteiger partial charge in [-0.15, -0.1) is 12.4 Å². The number of carbonyl (C=O) groups excluding carboxylic acids is 1. The molecule has 0 saturated carbocycles. The Hall–Kier alpha value is -1.10. The molecular formula is C16H26ClN3O. The van der Waals surface area contributed by atoms with Crippen LogP contribution in [0.2, 0.25) is 0 Å². The van der Waals surface area contributed by atoms with Gasteiger partial charge in [-0.25, -0.2) is 0 Å². The molecule has 0 spiro atoms. The summed E-state index contributed by atoms with van der Waals surface area (Å²) in [6.07, 6.45) is 2.70. The summed E-state index contributed by atoms with van der Waals surface area (Å²) in [6.45, 7) is 3.48. The molecule has 2 rings (SSSR count). The molecule has 21 heavy (non-hydrogen) atoms. The number of likely N-dealkylation sites (tertiary alicyclic amines) is 1. The smallest absolute Gasteiger partial charge is 0.223 e. The zero-order chi connectivity index (χ0) is 14.4. The monoisotopic (exact) mass is 311 g/mol. The van der Waals surface area contributed by atoms with Gasteiger partial charge >= 0.3 is 0 Å². The van der Waals surface area contributed by atoms with Crippen LogP contribution in [0.25, 0.3) is 0 Å². The maximum atomic E-state index is 11.9. The van der Waals surface area contributed by atoms with Gasteiger partial charge in [0.05, 0.1) is 0 Å². The zero-order valence-electron chi connectivity index (χ0n) is 12.7. The molecule has 1 atom stereocenters. The first kappa shape index (κ1) is 18.0. The Balaban J connectivity index is 0.00000220. The number of halogens is 1. The van der Waals surface area contributed by atoms with E-state index in [2.05, 4.69) is 29.2 Å². The van der Waals surface area contributed by atoms with Gasteiger partial charge in [-0.05, 0) is 24.9 Å². The number of hydrogen-bond acceptors (Lipinski definition) is 3. The lowest BCUT2D eigenvalue weighted by Crippen LogP contribution is -2.48. The van der Waals surface area contributed by atoms with E-state index in [1.54, 1.807) is 0 Å². The highest BCUT2D eigenvalue weighted by molar-refractivity contribution is 5.85. The third kappa shape index (κ3) is 5.30. The van der Waals surface area contributed by atoms with E-state index in [0.717, 1.165) is 32.5 Å². The summed E-state index contributed by atoms with van der Waals surface area (Å²) in [5, 5.41) is 0. The van der Waals surface area contributed by atoms with Gasteiger partial charge in [0.2, 0.25) is 5.91 Å². The summed E-state index contributed by atoms with van der Waals surface area (Å²) in [7, 11) is 1.91. The van der Waals surface area contributed by atoms with Gasteiger partial charge in [0.25, 0.3) is 0 Å². The molecule has 0 aliphatic carbocycles. The van der Waals surface area contributed by atoms with Crippen LogP contribution in [0.1, 0.15) is 24.8 Å². The molecule has 1 aliphatic heterocycles. The molecule has 5 heteroatoms. The fourth-order valence-electron chi connectivity index (χ4n) is 2.84. The minimum absolute atomic E-state index is 0. The standard InChI is InChI=1S/C16H25N3O.ClH/c1-18(16(20)9-10-17)15-8-5-11-19(13-15)12-14-6-3-2-4-7-14;/h2-4,6-7,15H,5,8-13,17H2,1H3;1H. The zero-order valence-corrected chi connectivity index (χ0v) is 13.5. The van der Waals surface area contributed by atoms with Crippen molar-refractivity contribution in [2.75, 3.05) is 26.7 Å². The molecule has 0 aromatic heterocycles. The lowest BCUT2D eigenvalue weighted by atomic mass is 10.0. The van der Waals surface area contributed by atoms with Crippen LogP contribution in [0.3, 0.4) is 0 Å². The van der Waals surface area contributed by atoms with Gasteiger partial charge in [0.15, 0.2) is 0 Å². The van der Waals surface area contributed by atoms with Crippen molar-refractivity contribution in [3.05, 3.63) is 35.9 Å². The highest BCUT2D eigenvalue weighted by Crippen LogP contribution is 2.17. The van der Waals surface area contributed by atoms with Gasteiger partial charge in [0, 0.05) is 39.1 Å². The van der Waals surface area contributed by atoms with Crippen molar-refractivity contribution in [1.82, 2.24) is 9.80 Å². The van der Waals surface area contributed by atoms with Crippen LogP contribution >= 0.6 is 12.4 Å². The Kier molecular flexibility index (Phi) is 7.72. The van der Waals surface area contributed by atoms with E-state index in [-0.39, 0.29) is 18.3 Å². The van der Waals surface area contributed by atoms with Crippen molar-refractivity contribution < 1.29 is 4.79 Å². The second-order valence-corrected chi connectivity index (χ2v) is 5.56. The topological polar surface area (TPSA) is 49.6 Å². The molecule has 1 unspecified atom stereocenters. The quantitative estimate of drug-likeness (QED) is 0.903. The first-order valence-corrected chi connectivity index (χ1v) is 7.42. The summed E-state index contributed by atoms with van der Waals surface area (Å²) < 4.78 is 0. The lowest BCUT2D eigenvalue weighted by molar-refractivity contribution is -0.132. The van der Waals surface area contributed by atoms with E-state index >= 15 is 0 Å². The molecular weight excluding hydrogens is 286 g/mol. The van der Waals surface area contributed by atoms with Crippen LogP contribution in [0.4, 0.5) is 0 Å². The maximum Gasteiger partial charge on any atom is 0.223 e. The maximum absolute atomic E-state index is 11.9. The number of likely N-dealkylation sites (N-methyl/N-ethyl adjacent to an activating group) is 1. The van der Waals surface area contributed by atoms with Crippen molar-refractivity contribution >= 4 is 18.3 Å². The molecule has 1 aromatic rings. The van der Waals surface area contributed by atoms with Crippen LogP contribution in [0.15, 0.2) is 30.3 Å². The minimum atomic E-state index is 0. The Morgan fingerprint density at radius 3 is 2.76 bits per heavy atom. The van der Waals surface area contributed by atoms with Crippen LogP contribution in [0, 0.1) is 0 Å². The van der Waals surface area contributed by atoms with Gasteiger partial charge in [-0.2, -0.15) is 0 Å². The number of benzene rings is 1. The summed E-state index contributed by atoms with van der Waals surface area (Å²) >= 11 is 0. The van der Waals surface area contributed by atoms with E-state index in [1.165, 1.54) is 5.56 Å². The van der Waals surface area contributed by atoms with E-state index in [1.807, 2.05) is 18.0 Å². The predicted molar refractivity (Wildman–Crippen MR) is 88.4 cm³/mol. The van der Waals surface area contributed by atoms with Gasteiger partial charge in [-0.3, -0.25) is 9.69 Å². The summed E-state index contributed by atoms with van der Waals surface area (Å²) in [5.41, 5.74) is 6.81. The van der Waals surface area contributed by atoms with Crippen molar-refractivity contribution in [1.29, 1.82) is 0 Å². The number of piperidine rings is 1. The molecule has 1 aromatic carbocycles. The van der Waals surface area contributed by atoms with Crippen LogP contribution in [-0.2, 0) is 11.3 Å². The largest absolute Gasteiger partial charge is 0.341 e. The number of rotatable bonds is 5. The highest BCUT2D eigenvalue weighted by atomic mass is 35.5. The Morgan fingerprint density at radius 2 is 2.10 bits per heavy atom. The molecule has 1 fully saturated rings. The SMILES string of the molecule is CN(C(=O)CCN)C1CCCN(Cc2ccccc2)C1.Cl. The second-order valence-electron chi connectivity index (χ2n) is 5.56. The molecule has 0 bridgehead atoms. The van der Waals surface area contributed by atoms with Gasteiger partial charge < -0.3 is 10.6 Å². The highest BCUT2D eigenvalue weighted by Gasteiger charge is 2.25. The average molecular weight is 312 g/mol. The third-order valence-corrected chi connectivity index (χ3v) is 4.03. The summed E-state index contributed by atoms with van der Waals surface area (Å²) in [6, 6.07) is 10.8. The van der Waals surface area contributed by atoms with E-state index < -0.39 is 0 Å². The number of nitrogens with zero attached hydrogens (tertiary/aromatic N) is 2. The second kappa shape index (κ2) is 9.03. The van der Waals surface area contributed by atoms with Gasteiger partial charge in [0.1, 0.15) is 0 Å². The van der Waals surface area contributed by atoms with Crippen molar-refractivity contribution in [3.63, 3.8) is 0 Å². The Morgan fingerprint density at radius 1 is 1.38 bits per heavy atom. The first-order valence-electron chi connectivity index (χ1n) is 7.42. The molecule has 1 heterocycles. The molecule has 2 N–H and O–H groups in total. The molecule has 4 nitrogen and oxygen atoms in total. The van der Waals surface area contributed by atoms with E-state index in [9.17, 15) is 4.79 Å². The summed E-state index contributed by atoms with van der Waals surface area (Å²) in [5.74, 6) is 0.166. The van der Waals surface area contributed by atoms with Crippen LogP contribution in [0.5, 0.6) is 0 Å². The van der Waals surface area contributed by atoms with Crippen molar-refractivity contribution in [3.8, 4) is 0 Å². The number of amides is 1. The Labute approximate surface area is 133 Å². The fraction of sp³-hybridized carbons (Fsp3) is 0.562. The third-order valence-electron chi connectivity index (χ3n) is 4.03. The van der Waals surface area contributed by atoms with Crippen molar-refractivity contribution in [2.45, 2.75) is 31.8 Å². The van der Waals surface area contributed by atoms with Crippen molar-refractivity contribution in [2.24, 2.45) is 5.73 Å². The normalized spacial score (nSPS) is 18.9. The number of hydrogen-bond donors (Lipinski definition) is 1. The van der Waals surface area contributed by atoms with Crippen LogP contribution in [-0.4, -0.2) is 48.4 Å². The number of nitrogens with two attached hydrogens (primary N) is 1.